The van der Waals surface area contributed by atoms with Crippen LogP contribution in [0.1, 0.15) is 24.2 Å². The van der Waals surface area contributed by atoms with Crippen LogP contribution in [0.4, 0.5) is 24.5 Å². The predicted molar refractivity (Wildman–Crippen MR) is 132 cm³/mol. The molecule has 1 amide bonds. The normalized spacial score (nSPS) is 13.7. The first-order chi connectivity index (χ1) is 17.4. The number of rotatable bonds is 8. The molecule has 1 heterocycles. The van der Waals surface area contributed by atoms with E-state index in [1.54, 1.807) is 30.3 Å². The minimum Gasteiger partial charge on any atom is -0.494 e. The minimum atomic E-state index is -5.08. The molecule has 1 saturated heterocycles. The van der Waals surface area contributed by atoms with Crippen LogP contribution in [0.5, 0.6) is 5.75 Å². The molecule has 0 unspecified atom stereocenters. The highest BCUT2D eigenvalue weighted by molar-refractivity contribution is 7.92. The van der Waals surface area contributed by atoms with Gasteiger partial charge < -0.3 is 25.4 Å². The summed E-state index contributed by atoms with van der Waals surface area (Å²) in [6.07, 6.45) is -5.08. The first-order valence-corrected chi connectivity index (χ1v) is 12.8. The van der Waals surface area contributed by atoms with Crippen LogP contribution in [0.2, 0.25) is 0 Å². The molecular weight excluding hydrogens is 517 g/mol. The van der Waals surface area contributed by atoms with Gasteiger partial charge in [-0.2, -0.15) is 13.2 Å². The van der Waals surface area contributed by atoms with Crippen LogP contribution in [0, 0.1) is 0 Å². The first kappa shape index (κ1) is 29.7. The molecule has 204 valence electrons. The van der Waals surface area contributed by atoms with Gasteiger partial charge in [0.25, 0.3) is 15.9 Å². The number of hydrogen-bond donors (Lipinski definition) is 4. The molecule has 1 aliphatic heterocycles. The fourth-order valence-electron chi connectivity index (χ4n) is 3.29. The summed E-state index contributed by atoms with van der Waals surface area (Å²) in [4.78, 5) is 23.4. The van der Waals surface area contributed by atoms with Crippen molar-refractivity contribution in [2.24, 2.45) is 0 Å². The first-order valence-electron chi connectivity index (χ1n) is 11.3. The van der Waals surface area contributed by atoms with Crippen molar-refractivity contribution in [2.75, 3.05) is 49.0 Å². The average Bonchev–Trinajstić information content (AvgIpc) is 2.85. The topological polar surface area (TPSA) is 137 Å². The molecule has 10 nitrogen and oxygen atoms in total. The fraction of sp³-hybridized carbons (Fsp3) is 0.391. The molecule has 2 aromatic rings. The molecule has 1 aliphatic rings. The van der Waals surface area contributed by atoms with Crippen LogP contribution >= 0.6 is 0 Å². The molecule has 37 heavy (non-hydrogen) atoms. The Hall–Kier alpha value is -3.52. The monoisotopic (exact) mass is 546 g/mol. The van der Waals surface area contributed by atoms with Crippen molar-refractivity contribution in [2.45, 2.75) is 24.9 Å². The van der Waals surface area contributed by atoms with E-state index in [-0.39, 0.29) is 10.8 Å². The molecule has 0 bridgehead atoms. The lowest BCUT2D eigenvalue weighted by Crippen LogP contribution is -2.43. The van der Waals surface area contributed by atoms with Crippen molar-refractivity contribution in [1.82, 2.24) is 10.6 Å². The third-order valence-corrected chi connectivity index (χ3v) is 6.37. The number of alkyl halides is 3. The summed E-state index contributed by atoms with van der Waals surface area (Å²) in [5.41, 5.74) is 1.54. The van der Waals surface area contributed by atoms with Gasteiger partial charge in [-0.05, 0) is 56.3 Å². The minimum absolute atomic E-state index is 0.126. The Kier molecular flexibility index (Phi) is 10.6. The molecule has 2 aromatic carbocycles. The molecule has 0 saturated carbocycles. The van der Waals surface area contributed by atoms with Gasteiger partial charge in [-0.1, -0.05) is 0 Å². The van der Waals surface area contributed by atoms with Crippen molar-refractivity contribution in [3.8, 4) is 5.75 Å². The van der Waals surface area contributed by atoms with Crippen LogP contribution in [0.3, 0.4) is 0 Å². The number of nitrogens with zero attached hydrogens (tertiary/aromatic N) is 1. The zero-order chi connectivity index (χ0) is 27.6. The quantitative estimate of drug-likeness (QED) is 0.397. The maximum absolute atomic E-state index is 13.0. The van der Waals surface area contributed by atoms with E-state index in [9.17, 15) is 26.4 Å². The maximum Gasteiger partial charge on any atom is 0.490 e. The van der Waals surface area contributed by atoms with Crippen LogP contribution < -0.4 is 25.0 Å². The van der Waals surface area contributed by atoms with Gasteiger partial charge in [0.1, 0.15) is 5.75 Å². The Morgan fingerprint density at radius 3 is 2.19 bits per heavy atom. The summed E-state index contributed by atoms with van der Waals surface area (Å²) < 4.78 is 65.9. The van der Waals surface area contributed by atoms with Crippen LogP contribution in [-0.2, 0) is 14.8 Å². The second kappa shape index (κ2) is 13.1. The average molecular weight is 547 g/mol. The number of carboxylic acids is 1. The number of hydrogen-bond acceptors (Lipinski definition) is 7. The van der Waals surface area contributed by atoms with E-state index in [1.807, 2.05) is 13.8 Å². The van der Waals surface area contributed by atoms with E-state index in [0.717, 1.165) is 31.9 Å². The number of sulfonamides is 1. The number of aliphatic carboxylic acids is 1. The lowest BCUT2D eigenvalue weighted by molar-refractivity contribution is -0.192. The van der Waals surface area contributed by atoms with Gasteiger partial charge in [0.15, 0.2) is 0 Å². The smallest absolute Gasteiger partial charge is 0.490 e. The molecular formula is C23H29F3N4O6S. The molecule has 0 aliphatic carbocycles. The largest absolute Gasteiger partial charge is 0.494 e. The number of amides is 1. The molecule has 0 atom stereocenters. The number of benzene rings is 2. The predicted octanol–water partition coefficient (Wildman–Crippen LogP) is 2.68. The summed E-state index contributed by atoms with van der Waals surface area (Å²) >= 11 is 0. The van der Waals surface area contributed by atoms with Crippen LogP contribution in [0.15, 0.2) is 47.4 Å². The highest BCUT2D eigenvalue weighted by Crippen LogP contribution is 2.30. The number of halogens is 3. The number of carbonyl (C=O) groups is 2. The number of anilines is 2. The van der Waals surface area contributed by atoms with Crippen molar-refractivity contribution >= 4 is 33.3 Å². The zero-order valence-corrected chi connectivity index (χ0v) is 21.1. The molecule has 0 spiro atoms. The van der Waals surface area contributed by atoms with Gasteiger partial charge in [-0.15, -0.1) is 0 Å². The molecule has 4 N–H and O–H groups in total. The van der Waals surface area contributed by atoms with E-state index in [4.69, 9.17) is 14.6 Å². The molecule has 14 heteroatoms. The lowest BCUT2D eigenvalue weighted by atomic mass is 10.1. The summed E-state index contributed by atoms with van der Waals surface area (Å²) in [5, 5.41) is 13.2. The summed E-state index contributed by atoms with van der Waals surface area (Å²) in [6.45, 7) is 7.81. The Balaban J connectivity index is 0.000000604. The maximum atomic E-state index is 13.0. The number of piperazine rings is 1. The Morgan fingerprint density at radius 2 is 1.68 bits per heavy atom. The Morgan fingerprint density at radius 1 is 1.08 bits per heavy atom. The van der Waals surface area contributed by atoms with E-state index in [2.05, 4.69) is 20.3 Å². The summed E-state index contributed by atoms with van der Waals surface area (Å²) in [6, 6.07) is 11.4. The van der Waals surface area contributed by atoms with Gasteiger partial charge >= 0.3 is 12.1 Å². The van der Waals surface area contributed by atoms with E-state index in [0.29, 0.717) is 30.2 Å². The molecule has 0 aromatic heterocycles. The number of carboxylic acid groups (broad SMARTS) is 1. The number of carbonyl (C=O) groups excluding carboxylic acids is 1. The second-order valence-corrected chi connectivity index (χ2v) is 9.32. The van der Waals surface area contributed by atoms with Crippen molar-refractivity contribution < 1.29 is 41.0 Å². The third kappa shape index (κ3) is 8.82. The Bertz CT molecular complexity index is 1170. The fourth-order valence-corrected chi connectivity index (χ4v) is 4.35. The van der Waals surface area contributed by atoms with Gasteiger partial charge in [0.2, 0.25) is 0 Å². The van der Waals surface area contributed by atoms with Crippen molar-refractivity contribution in [3.63, 3.8) is 0 Å². The summed E-state index contributed by atoms with van der Waals surface area (Å²) in [7, 11) is -3.84. The molecule has 1 fully saturated rings. The molecule has 0 radical (unpaired) electrons. The van der Waals surface area contributed by atoms with E-state index >= 15 is 0 Å². The van der Waals surface area contributed by atoms with Gasteiger partial charge in [0, 0.05) is 38.3 Å². The second-order valence-electron chi connectivity index (χ2n) is 7.64. The van der Waals surface area contributed by atoms with E-state index in [1.165, 1.54) is 12.1 Å². The third-order valence-electron chi connectivity index (χ3n) is 4.99. The highest BCUT2D eigenvalue weighted by Gasteiger charge is 2.38. The van der Waals surface area contributed by atoms with Crippen LogP contribution in [-0.4, -0.2) is 70.9 Å². The van der Waals surface area contributed by atoms with E-state index < -0.39 is 22.2 Å². The standard InChI is InChI=1S/C21H28N4O4S.C2HF3O2/c1-3-23-21(26)16-5-10-20(25-13-11-22-12-14-25)19(15-16)24-30(27,28)18-8-6-17(7-9-18)29-4-2;3-2(4,5)1(6)7/h5-10,15,22,24H,3-4,11-14H2,1-2H3,(H,23,26);(H,6,7). The number of nitrogens with one attached hydrogen (secondary N) is 3. The van der Waals surface area contributed by atoms with Crippen molar-refractivity contribution in [3.05, 3.63) is 48.0 Å². The SMILES string of the molecule is CCNC(=O)c1ccc(N2CCNCC2)c(NS(=O)(=O)c2ccc(OCC)cc2)c1.O=C(O)C(F)(F)F. The van der Waals surface area contributed by atoms with Gasteiger partial charge in [-0.3, -0.25) is 9.52 Å². The number of ether oxygens (including phenoxy) is 1. The summed E-state index contributed by atoms with van der Waals surface area (Å²) in [5.74, 6) is -2.39. The van der Waals surface area contributed by atoms with Gasteiger partial charge in [0.05, 0.1) is 22.9 Å². The lowest BCUT2D eigenvalue weighted by Gasteiger charge is -2.31. The zero-order valence-electron chi connectivity index (χ0n) is 20.3. The van der Waals surface area contributed by atoms with Crippen molar-refractivity contribution in [1.29, 1.82) is 0 Å². The molecule has 3 rings (SSSR count). The highest BCUT2D eigenvalue weighted by atomic mass is 32.2. The Labute approximate surface area is 212 Å². The van der Waals surface area contributed by atoms with Gasteiger partial charge in [-0.25, -0.2) is 13.2 Å². The van der Waals surface area contributed by atoms with Crippen LogP contribution in [0.25, 0.3) is 0 Å².